The summed E-state index contributed by atoms with van der Waals surface area (Å²) >= 11 is 0. The Kier molecular flexibility index (Phi) is 5.78. The molecular formula is C17H24Cl2N4O. The van der Waals surface area contributed by atoms with Gasteiger partial charge in [0.1, 0.15) is 5.82 Å². The minimum Gasteiger partial charge on any atom is -0.349 e. The van der Waals surface area contributed by atoms with E-state index in [4.69, 9.17) is 0 Å². The van der Waals surface area contributed by atoms with E-state index in [1.807, 2.05) is 25.2 Å². The number of para-hydroxylation sites is 2. The molecule has 1 spiro atoms. The maximum Gasteiger partial charge on any atom is 0.224 e. The zero-order chi connectivity index (χ0) is 15.2. The number of aromatic nitrogens is 2. The van der Waals surface area contributed by atoms with Crippen molar-refractivity contribution in [1.82, 2.24) is 20.2 Å². The first kappa shape index (κ1) is 19.0. The number of aryl methyl sites for hydroxylation is 1. The number of nitrogens with one attached hydrogen (secondary N) is 2. The van der Waals surface area contributed by atoms with Crippen molar-refractivity contribution in [2.24, 2.45) is 18.4 Å². The summed E-state index contributed by atoms with van der Waals surface area (Å²) in [5, 5.41) is 6.47. The molecule has 2 N–H and O–H groups in total. The summed E-state index contributed by atoms with van der Waals surface area (Å²) in [6.45, 7) is 2.61. The van der Waals surface area contributed by atoms with Crippen molar-refractivity contribution in [2.45, 2.75) is 25.8 Å². The standard InChI is InChI=1S/C17H22N4O.2ClH/c1-21-14-5-3-2-4-13(14)20-15(21)11-19-16(22)12-10-17(12)6-8-18-9-7-17;;/h2-5,12,18H,6-11H2,1H3,(H,19,22);2*1H. The summed E-state index contributed by atoms with van der Waals surface area (Å²) in [6.07, 6.45) is 3.33. The van der Waals surface area contributed by atoms with Crippen LogP contribution in [-0.4, -0.2) is 28.5 Å². The van der Waals surface area contributed by atoms with Crippen LogP contribution in [0.3, 0.4) is 0 Å². The second-order valence-electron chi connectivity index (χ2n) is 6.66. The number of imidazole rings is 1. The summed E-state index contributed by atoms with van der Waals surface area (Å²) in [5.74, 6) is 1.33. The fourth-order valence-electron chi connectivity index (χ4n) is 3.84. The first-order valence-electron chi connectivity index (χ1n) is 8.08. The van der Waals surface area contributed by atoms with E-state index in [1.54, 1.807) is 0 Å². The maximum absolute atomic E-state index is 12.4. The second-order valence-corrected chi connectivity index (χ2v) is 6.66. The molecule has 2 heterocycles. The molecule has 1 saturated heterocycles. The van der Waals surface area contributed by atoms with Crippen LogP contribution in [0.25, 0.3) is 11.0 Å². The fourth-order valence-corrected chi connectivity index (χ4v) is 3.84. The molecule has 4 rings (SSSR count). The van der Waals surface area contributed by atoms with E-state index in [0.717, 1.165) is 49.2 Å². The molecule has 2 aliphatic rings. The molecular weight excluding hydrogens is 347 g/mol. The van der Waals surface area contributed by atoms with Crippen LogP contribution in [0, 0.1) is 11.3 Å². The van der Waals surface area contributed by atoms with Gasteiger partial charge in [0, 0.05) is 13.0 Å². The van der Waals surface area contributed by atoms with E-state index in [2.05, 4.69) is 26.3 Å². The molecule has 0 bridgehead atoms. The number of hydrogen-bond acceptors (Lipinski definition) is 3. The van der Waals surface area contributed by atoms with Crippen LogP contribution in [-0.2, 0) is 18.4 Å². The highest BCUT2D eigenvalue weighted by molar-refractivity contribution is 5.85. The molecule has 2 aromatic rings. The monoisotopic (exact) mass is 370 g/mol. The Morgan fingerprint density at radius 2 is 2.04 bits per heavy atom. The van der Waals surface area contributed by atoms with Crippen molar-refractivity contribution in [3.63, 3.8) is 0 Å². The molecule has 2 fully saturated rings. The number of benzene rings is 1. The highest BCUT2D eigenvalue weighted by atomic mass is 35.5. The Labute approximate surface area is 154 Å². The van der Waals surface area contributed by atoms with Crippen LogP contribution in [0.1, 0.15) is 25.1 Å². The minimum atomic E-state index is 0. The molecule has 7 heteroatoms. The number of amides is 1. The Bertz CT molecular complexity index is 724. The summed E-state index contributed by atoms with van der Waals surface area (Å²) in [6, 6.07) is 8.06. The van der Waals surface area contributed by atoms with E-state index in [0.29, 0.717) is 12.0 Å². The molecule has 0 radical (unpaired) electrons. The van der Waals surface area contributed by atoms with Crippen LogP contribution >= 0.6 is 24.8 Å². The molecule has 132 valence electrons. The van der Waals surface area contributed by atoms with Gasteiger partial charge in [-0.15, -0.1) is 24.8 Å². The van der Waals surface area contributed by atoms with Crippen LogP contribution < -0.4 is 10.6 Å². The van der Waals surface area contributed by atoms with Gasteiger partial charge in [-0.25, -0.2) is 4.98 Å². The molecule has 5 nitrogen and oxygen atoms in total. The molecule has 1 unspecified atom stereocenters. The van der Waals surface area contributed by atoms with E-state index in [1.165, 1.54) is 0 Å². The lowest BCUT2D eigenvalue weighted by molar-refractivity contribution is -0.123. The number of piperidine rings is 1. The van der Waals surface area contributed by atoms with Gasteiger partial charge in [0.05, 0.1) is 17.6 Å². The van der Waals surface area contributed by atoms with E-state index >= 15 is 0 Å². The molecule has 1 aromatic heterocycles. The third kappa shape index (κ3) is 3.25. The number of carbonyl (C=O) groups is 1. The fraction of sp³-hybridized carbons (Fsp3) is 0.529. The van der Waals surface area contributed by atoms with Crippen LogP contribution in [0.15, 0.2) is 24.3 Å². The van der Waals surface area contributed by atoms with Gasteiger partial charge in [0.15, 0.2) is 0 Å². The molecule has 1 atom stereocenters. The zero-order valence-corrected chi connectivity index (χ0v) is 15.4. The van der Waals surface area contributed by atoms with Crippen LogP contribution in [0.4, 0.5) is 0 Å². The van der Waals surface area contributed by atoms with Gasteiger partial charge in [-0.05, 0) is 49.9 Å². The Hall–Kier alpha value is -1.30. The molecule has 1 aliphatic carbocycles. The van der Waals surface area contributed by atoms with Crippen LogP contribution in [0.2, 0.25) is 0 Å². The first-order valence-corrected chi connectivity index (χ1v) is 8.08. The Morgan fingerprint density at radius 1 is 1.33 bits per heavy atom. The van der Waals surface area contributed by atoms with Crippen molar-refractivity contribution in [2.75, 3.05) is 13.1 Å². The van der Waals surface area contributed by atoms with E-state index in [9.17, 15) is 4.79 Å². The summed E-state index contributed by atoms with van der Waals surface area (Å²) in [4.78, 5) is 17.0. The van der Waals surface area contributed by atoms with Gasteiger partial charge < -0.3 is 15.2 Å². The molecule has 1 aliphatic heterocycles. The van der Waals surface area contributed by atoms with Crippen molar-refractivity contribution < 1.29 is 4.79 Å². The van der Waals surface area contributed by atoms with E-state index < -0.39 is 0 Å². The summed E-state index contributed by atoms with van der Waals surface area (Å²) in [5.41, 5.74) is 2.38. The number of hydrogen-bond donors (Lipinski definition) is 2. The highest BCUT2D eigenvalue weighted by Gasteiger charge is 2.57. The number of rotatable bonds is 3. The Balaban J connectivity index is 0.00000104. The van der Waals surface area contributed by atoms with Crippen LogP contribution in [0.5, 0.6) is 0 Å². The van der Waals surface area contributed by atoms with Gasteiger partial charge in [-0.2, -0.15) is 0 Å². The average Bonchev–Trinajstić information content (AvgIpc) is 3.14. The molecule has 1 amide bonds. The predicted molar refractivity (Wildman–Crippen MR) is 99.7 cm³/mol. The second kappa shape index (κ2) is 7.30. The minimum absolute atomic E-state index is 0. The Morgan fingerprint density at radius 3 is 2.75 bits per heavy atom. The molecule has 1 aromatic carbocycles. The highest BCUT2D eigenvalue weighted by Crippen LogP contribution is 2.58. The average molecular weight is 371 g/mol. The van der Waals surface area contributed by atoms with Crippen molar-refractivity contribution in [3.05, 3.63) is 30.1 Å². The van der Waals surface area contributed by atoms with Gasteiger partial charge in [0.25, 0.3) is 0 Å². The smallest absolute Gasteiger partial charge is 0.224 e. The SMILES string of the molecule is Cl.Cl.Cn1c(CNC(=O)C2CC23CCNCC3)nc2ccccc21. The summed E-state index contributed by atoms with van der Waals surface area (Å²) in [7, 11) is 2.00. The normalized spacial score (nSPS) is 21.0. The predicted octanol–water partition coefficient (Wildman–Crippen LogP) is 2.42. The van der Waals surface area contributed by atoms with E-state index in [-0.39, 0.29) is 36.6 Å². The number of nitrogens with zero attached hydrogens (tertiary/aromatic N) is 2. The van der Waals surface area contributed by atoms with Crippen molar-refractivity contribution in [1.29, 1.82) is 0 Å². The number of fused-ring (bicyclic) bond motifs is 1. The first-order chi connectivity index (χ1) is 10.7. The van der Waals surface area contributed by atoms with Gasteiger partial charge in [0.2, 0.25) is 5.91 Å². The van der Waals surface area contributed by atoms with Crippen molar-refractivity contribution in [3.8, 4) is 0 Å². The molecule has 1 saturated carbocycles. The third-order valence-electron chi connectivity index (χ3n) is 5.41. The molecule has 24 heavy (non-hydrogen) atoms. The largest absolute Gasteiger partial charge is 0.349 e. The lowest BCUT2D eigenvalue weighted by atomic mass is 9.92. The lowest BCUT2D eigenvalue weighted by Crippen LogP contribution is -2.33. The maximum atomic E-state index is 12.4. The van der Waals surface area contributed by atoms with Gasteiger partial charge >= 0.3 is 0 Å². The topological polar surface area (TPSA) is 59.0 Å². The van der Waals surface area contributed by atoms with Gasteiger partial charge in [-0.3, -0.25) is 4.79 Å². The number of carbonyl (C=O) groups excluding carboxylic acids is 1. The van der Waals surface area contributed by atoms with Gasteiger partial charge in [-0.1, -0.05) is 12.1 Å². The van der Waals surface area contributed by atoms with Crippen molar-refractivity contribution >= 4 is 41.8 Å². The lowest BCUT2D eigenvalue weighted by Gasteiger charge is -2.23. The number of halogens is 2. The quantitative estimate of drug-likeness (QED) is 0.871. The third-order valence-corrected chi connectivity index (χ3v) is 5.41. The zero-order valence-electron chi connectivity index (χ0n) is 13.7. The summed E-state index contributed by atoms with van der Waals surface area (Å²) < 4.78 is 2.06.